The van der Waals surface area contributed by atoms with Crippen LogP contribution in [0.2, 0.25) is 0 Å². The van der Waals surface area contributed by atoms with Gasteiger partial charge in [-0.2, -0.15) is 0 Å². The Bertz CT molecular complexity index is 862. The van der Waals surface area contributed by atoms with Crippen molar-refractivity contribution in [2.24, 2.45) is 17.8 Å². The van der Waals surface area contributed by atoms with Crippen molar-refractivity contribution < 1.29 is 19.1 Å². The van der Waals surface area contributed by atoms with Gasteiger partial charge in [0.2, 0.25) is 11.8 Å². The minimum Gasteiger partial charge on any atom is -0.360 e. The van der Waals surface area contributed by atoms with Crippen LogP contribution in [0.15, 0.2) is 36.7 Å². The third kappa shape index (κ3) is 2.45. The Morgan fingerprint density at radius 2 is 2.07 bits per heavy atom. The molecule has 28 heavy (non-hydrogen) atoms. The molecular formula is C21H23N3O4. The van der Waals surface area contributed by atoms with Crippen LogP contribution in [0.25, 0.3) is 0 Å². The molecule has 2 bridgehead atoms. The molecule has 0 saturated carbocycles. The van der Waals surface area contributed by atoms with Crippen molar-refractivity contribution in [1.82, 2.24) is 14.8 Å². The van der Waals surface area contributed by atoms with Crippen LogP contribution < -0.4 is 0 Å². The quantitative estimate of drug-likeness (QED) is 0.575. The Morgan fingerprint density at radius 1 is 1.29 bits per heavy atom. The minimum atomic E-state index is -0.634. The van der Waals surface area contributed by atoms with Gasteiger partial charge in [0.15, 0.2) is 5.78 Å². The summed E-state index contributed by atoms with van der Waals surface area (Å²) in [5.41, 5.74) is -0.00809. The van der Waals surface area contributed by atoms with Gasteiger partial charge in [0.25, 0.3) is 0 Å². The Hall–Kier alpha value is -2.54. The van der Waals surface area contributed by atoms with Crippen LogP contribution in [0, 0.1) is 17.8 Å². The summed E-state index contributed by atoms with van der Waals surface area (Å²) in [6, 6.07) is 3.55. The van der Waals surface area contributed by atoms with E-state index >= 15 is 0 Å². The summed E-state index contributed by atoms with van der Waals surface area (Å²) >= 11 is 0. The normalized spacial score (nSPS) is 34.2. The van der Waals surface area contributed by atoms with Crippen LogP contribution in [-0.4, -0.2) is 70.8 Å². The number of aromatic nitrogens is 1. The number of nitrogens with zero attached hydrogens (tertiary/aromatic N) is 3. The van der Waals surface area contributed by atoms with E-state index in [1.807, 2.05) is 17.1 Å². The Balaban J connectivity index is 1.27. The highest BCUT2D eigenvalue weighted by Gasteiger charge is 2.66. The summed E-state index contributed by atoms with van der Waals surface area (Å²) < 4.78 is 6.08. The number of pyridine rings is 1. The number of likely N-dealkylation sites (N-methyl/N-ethyl adjacent to an activating group) is 1. The van der Waals surface area contributed by atoms with Crippen molar-refractivity contribution in [1.29, 1.82) is 0 Å². The number of fused-ring (bicyclic) bond motifs is 1. The number of carbonyl (C=O) groups is 3. The van der Waals surface area contributed by atoms with Gasteiger partial charge in [0.1, 0.15) is 5.60 Å². The second kappa shape index (κ2) is 6.24. The first-order valence-corrected chi connectivity index (χ1v) is 9.85. The average Bonchev–Trinajstić information content (AvgIpc) is 3.36. The summed E-state index contributed by atoms with van der Waals surface area (Å²) in [7, 11) is 1.76. The first-order chi connectivity index (χ1) is 13.5. The van der Waals surface area contributed by atoms with Gasteiger partial charge >= 0.3 is 0 Å². The highest BCUT2D eigenvalue weighted by Crippen LogP contribution is 2.52. The van der Waals surface area contributed by atoms with Gasteiger partial charge in [-0.1, -0.05) is 12.2 Å². The van der Waals surface area contributed by atoms with Crippen LogP contribution in [0.5, 0.6) is 0 Å². The third-order valence-electron chi connectivity index (χ3n) is 6.70. The van der Waals surface area contributed by atoms with Crippen molar-refractivity contribution in [2.45, 2.75) is 24.5 Å². The lowest BCUT2D eigenvalue weighted by molar-refractivity contribution is -0.143. The number of amides is 2. The zero-order chi connectivity index (χ0) is 19.5. The number of rotatable bonds is 3. The molecule has 7 heteroatoms. The Labute approximate surface area is 163 Å². The van der Waals surface area contributed by atoms with E-state index in [4.69, 9.17) is 4.74 Å². The number of carbonyl (C=O) groups excluding carboxylic acids is 3. The fourth-order valence-corrected chi connectivity index (χ4v) is 5.29. The van der Waals surface area contributed by atoms with Crippen LogP contribution in [0.1, 0.15) is 23.2 Å². The van der Waals surface area contributed by atoms with E-state index in [0.717, 1.165) is 0 Å². The zero-order valence-corrected chi connectivity index (χ0v) is 15.8. The summed E-state index contributed by atoms with van der Waals surface area (Å²) in [4.78, 5) is 46.1. The van der Waals surface area contributed by atoms with Gasteiger partial charge in [-0.3, -0.25) is 19.4 Å². The lowest BCUT2D eigenvalue weighted by Gasteiger charge is -2.35. The van der Waals surface area contributed by atoms with Crippen LogP contribution >= 0.6 is 0 Å². The van der Waals surface area contributed by atoms with E-state index in [9.17, 15) is 14.4 Å². The second-order valence-electron chi connectivity index (χ2n) is 8.30. The van der Waals surface area contributed by atoms with Crippen molar-refractivity contribution in [3.63, 3.8) is 0 Å². The maximum Gasteiger partial charge on any atom is 0.229 e. The van der Waals surface area contributed by atoms with Crippen LogP contribution in [0.3, 0.4) is 0 Å². The molecule has 0 aliphatic carbocycles. The number of hydrogen-bond donors (Lipinski definition) is 0. The predicted octanol–water partition coefficient (Wildman–Crippen LogP) is 0.915. The van der Waals surface area contributed by atoms with Crippen molar-refractivity contribution in [3.8, 4) is 0 Å². The lowest BCUT2D eigenvalue weighted by Crippen LogP contribution is -2.48. The maximum absolute atomic E-state index is 13.3. The highest BCUT2D eigenvalue weighted by atomic mass is 16.5. The fourth-order valence-electron chi connectivity index (χ4n) is 5.29. The summed E-state index contributed by atoms with van der Waals surface area (Å²) in [5, 5.41) is 0. The fraction of sp³-hybridized carbons (Fsp3) is 0.524. The first-order valence-electron chi connectivity index (χ1n) is 9.85. The molecule has 0 N–H and O–H groups in total. The molecule has 4 aliphatic heterocycles. The largest absolute Gasteiger partial charge is 0.360 e. The summed E-state index contributed by atoms with van der Waals surface area (Å²) in [5.74, 6) is -0.889. The van der Waals surface area contributed by atoms with E-state index < -0.39 is 17.4 Å². The SMILES string of the molecule is CN1C[C@@]23C=C[C@@H](O2)[C@H](C(=O)N2CCC(C(=O)c4cccnc4)CC2)[C@H]3C1=O. The van der Waals surface area contributed by atoms with Gasteiger partial charge in [0, 0.05) is 44.0 Å². The lowest BCUT2D eigenvalue weighted by atomic mass is 9.76. The number of hydrogen-bond acceptors (Lipinski definition) is 5. The molecular weight excluding hydrogens is 358 g/mol. The third-order valence-corrected chi connectivity index (χ3v) is 6.70. The van der Waals surface area contributed by atoms with Crippen molar-refractivity contribution >= 4 is 17.6 Å². The molecule has 0 radical (unpaired) electrons. The molecule has 7 nitrogen and oxygen atoms in total. The molecule has 5 heterocycles. The molecule has 3 fully saturated rings. The molecule has 5 rings (SSSR count). The van der Waals surface area contributed by atoms with E-state index in [1.54, 1.807) is 36.5 Å². The standard InChI is InChI=1S/C21H23N3O4/c1-23-12-21-7-4-15(28-21)16(17(21)20(23)27)19(26)24-9-5-13(6-10-24)18(25)14-3-2-8-22-11-14/h2-4,7-8,11,13,15-17H,5-6,9-10,12H2,1H3/t15-,16+,17+,21-/m1/s1. The van der Waals surface area contributed by atoms with Crippen LogP contribution in [-0.2, 0) is 14.3 Å². The number of Topliss-reactive ketones (excluding diaryl/α,β-unsaturated/α-hetero) is 1. The predicted molar refractivity (Wildman–Crippen MR) is 99.2 cm³/mol. The van der Waals surface area contributed by atoms with E-state index in [-0.39, 0.29) is 29.6 Å². The van der Waals surface area contributed by atoms with E-state index in [1.165, 1.54) is 0 Å². The summed E-state index contributed by atoms with van der Waals surface area (Å²) in [6.07, 6.45) is 8.11. The Morgan fingerprint density at radius 3 is 2.79 bits per heavy atom. The molecule has 1 aromatic rings. The topological polar surface area (TPSA) is 79.8 Å². The first kappa shape index (κ1) is 17.6. The molecule has 4 atom stereocenters. The van der Waals surface area contributed by atoms with E-state index in [0.29, 0.717) is 38.0 Å². The number of ketones is 1. The molecule has 0 aromatic carbocycles. The molecule has 3 saturated heterocycles. The van der Waals surface area contributed by atoms with Gasteiger partial charge < -0.3 is 14.5 Å². The monoisotopic (exact) mass is 381 g/mol. The Kier molecular flexibility index (Phi) is 3.91. The van der Waals surface area contributed by atoms with Crippen molar-refractivity contribution in [3.05, 3.63) is 42.2 Å². The van der Waals surface area contributed by atoms with E-state index in [2.05, 4.69) is 4.98 Å². The van der Waals surface area contributed by atoms with Crippen LogP contribution in [0.4, 0.5) is 0 Å². The number of piperidine rings is 1. The van der Waals surface area contributed by atoms with Gasteiger partial charge in [0.05, 0.1) is 24.5 Å². The molecule has 4 aliphatic rings. The highest BCUT2D eigenvalue weighted by molar-refractivity contribution is 5.98. The second-order valence-corrected chi connectivity index (χ2v) is 8.30. The maximum atomic E-state index is 13.3. The van der Waals surface area contributed by atoms with Gasteiger partial charge in [-0.15, -0.1) is 0 Å². The summed E-state index contributed by atoms with van der Waals surface area (Å²) in [6.45, 7) is 1.58. The molecule has 0 unspecified atom stereocenters. The molecule has 2 amide bonds. The molecule has 1 aromatic heterocycles. The molecule has 1 spiro atoms. The van der Waals surface area contributed by atoms with Crippen molar-refractivity contribution in [2.75, 3.05) is 26.7 Å². The molecule has 146 valence electrons. The smallest absolute Gasteiger partial charge is 0.229 e. The van der Waals surface area contributed by atoms with Gasteiger partial charge in [-0.05, 0) is 25.0 Å². The number of ether oxygens (including phenoxy) is 1. The van der Waals surface area contributed by atoms with Gasteiger partial charge in [-0.25, -0.2) is 0 Å². The minimum absolute atomic E-state index is 0.00755. The number of likely N-dealkylation sites (tertiary alicyclic amines) is 2. The zero-order valence-electron chi connectivity index (χ0n) is 15.8. The average molecular weight is 381 g/mol.